The molecule has 0 radical (unpaired) electrons. The van der Waals surface area contributed by atoms with E-state index in [4.69, 9.17) is 4.74 Å². The number of nitrogens with zero attached hydrogens (tertiary/aromatic N) is 1. The highest BCUT2D eigenvalue weighted by molar-refractivity contribution is 5.89. The van der Waals surface area contributed by atoms with Crippen LogP contribution in [-0.4, -0.2) is 18.8 Å². The van der Waals surface area contributed by atoms with Crippen LogP contribution < -0.4 is 0 Å². The highest BCUT2D eigenvalue weighted by Crippen LogP contribution is 2.11. The molecule has 0 aromatic heterocycles. The zero-order chi connectivity index (χ0) is 16.3. The molecular formula is C20H23NO2. The zero-order valence-corrected chi connectivity index (χ0v) is 13.6. The van der Waals surface area contributed by atoms with Gasteiger partial charge in [-0.15, -0.1) is 0 Å². The van der Waals surface area contributed by atoms with Gasteiger partial charge in [0.05, 0.1) is 17.9 Å². The lowest BCUT2D eigenvalue weighted by Gasteiger charge is -2.05. The van der Waals surface area contributed by atoms with E-state index in [-0.39, 0.29) is 5.97 Å². The number of esters is 1. The van der Waals surface area contributed by atoms with E-state index in [1.165, 1.54) is 5.56 Å². The van der Waals surface area contributed by atoms with Crippen LogP contribution in [0.25, 0.3) is 0 Å². The molecule has 0 saturated carbocycles. The van der Waals surface area contributed by atoms with Gasteiger partial charge in [0.1, 0.15) is 0 Å². The Morgan fingerprint density at radius 1 is 1.13 bits per heavy atom. The predicted octanol–water partition coefficient (Wildman–Crippen LogP) is 4.98. The highest BCUT2D eigenvalue weighted by Gasteiger charge is 2.07. The van der Waals surface area contributed by atoms with Gasteiger partial charge in [0.25, 0.3) is 0 Å². The molecule has 2 rings (SSSR count). The van der Waals surface area contributed by atoms with Crippen molar-refractivity contribution in [1.29, 1.82) is 0 Å². The number of carbonyl (C=O) groups excluding carboxylic acids is 1. The fourth-order valence-electron chi connectivity index (χ4n) is 2.21. The van der Waals surface area contributed by atoms with Crippen molar-refractivity contribution in [2.24, 2.45) is 4.99 Å². The lowest BCUT2D eigenvalue weighted by atomic mass is 10.1. The lowest BCUT2D eigenvalue weighted by Crippen LogP contribution is -2.07. The Hall–Kier alpha value is -2.42. The minimum Gasteiger partial charge on any atom is -0.462 e. The molecule has 0 aliphatic carbocycles. The van der Waals surface area contributed by atoms with E-state index in [9.17, 15) is 4.79 Å². The van der Waals surface area contributed by atoms with Gasteiger partial charge in [-0.25, -0.2) is 4.79 Å². The number of aryl methyl sites for hydroxylation is 1. The number of para-hydroxylation sites is 1. The molecule has 0 amide bonds. The van der Waals surface area contributed by atoms with Crippen LogP contribution >= 0.6 is 0 Å². The first-order chi connectivity index (χ1) is 11.3. The minimum absolute atomic E-state index is 0.267. The van der Waals surface area contributed by atoms with Gasteiger partial charge in [-0.1, -0.05) is 43.7 Å². The van der Waals surface area contributed by atoms with Crippen LogP contribution in [0.3, 0.4) is 0 Å². The number of unbranched alkanes of at least 4 members (excludes halogenated alkanes) is 1. The first kappa shape index (κ1) is 16.9. The molecule has 0 heterocycles. The Kier molecular flexibility index (Phi) is 7.05. The molecule has 0 spiro atoms. The fraction of sp³-hybridized carbons (Fsp3) is 0.300. The smallest absolute Gasteiger partial charge is 0.338 e. The molecule has 3 heteroatoms. The minimum atomic E-state index is -0.267. The number of rotatable bonds is 8. The summed E-state index contributed by atoms with van der Waals surface area (Å²) in [5.74, 6) is -0.267. The first-order valence-corrected chi connectivity index (χ1v) is 8.13. The molecule has 0 atom stereocenters. The van der Waals surface area contributed by atoms with Gasteiger partial charge in [0.15, 0.2) is 0 Å². The van der Waals surface area contributed by atoms with E-state index in [1.807, 2.05) is 42.5 Å². The summed E-state index contributed by atoms with van der Waals surface area (Å²) in [5, 5.41) is 0. The van der Waals surface area contributed by atoms with Crippen molar-refractivity contribution in [3.8, 4) is 0 Å². The Labute approximate surface area is 138 Å². The van der Waals surface area contributed by atoms with Crippen LogP contribution in [-0.2, 0) is 11.2 Å². The molecule has 0 unspecified atom stereocenters. The number of benzene rings is 2. The summed E-state index contributed by atoms with van der Waals surface area (Å²) in [6.07, 6.45) is 5.67. The third-order valence-corrected chi connectivity index (χ3v) is 3.46. The van der Waals surface area contributed by atoms with Crippen molar-refractivity contribution >= 4 is 17.9 Å². The molecule has 0 bridgehead atoms. The molecule has 0 fully saturated rings. The average molecular weight is 309 g/mol. The van der Waals surface area contributed by atoms with E-state index in [2.05, 4.69) is 18.0 Å². The van der Waals surface area contributed by atoms with Crippen LogP contribution in [0.5, 0.6) is 0 Å². The molecule has 0 aliphatic heterocycles. The van der Waals surface area contributed by atoms with E-state index in [0.717, 1.165) is 24.9 Å². The normalized spacial score (nSPS) is 10.8. The number of carbonyl (C=O) groups is 1. The number of aliphatic imine (C=N–C) groups is 1. The maximum Gasteiger partial charge on any atom is 0.338 e. The monoisotopic (exact) mass is 309 g/mol. The lowest BCUT2D eigenvalue weighted by molar-refractivity contribution is 0.0516. The Bertz CT molecular complexity index is 635. The van der Waals surface area contributed by atoms with Crippen LogP contribution in [0.2, 0.25) is 0 Å². The van der Waals surface area contributed by atoms with E-state index in [0.29, 0.717) is 18.6 Å². The van der Waals surface area contributed by atoms with Crippen LogP contribution in [0.1, 0.15) is 42.1 Å². The van der Waals surface area contributed by atoms with Crippen molar-refractivity contribution in [1.82, 2.24) is 0 Å². The van der Waals surface area contributed by atoms with Crippen LogP contribution in [0, 0.1) is 0 Å². The van der Waals surface area contributed by atoms with E-state index in [1.54, 1.807) is 12.3 Å². The largest absolute Gasteiger partial charge is 0.462 e. The Morgan fingerprint density at radius 3 is 2.74 bits per heavy atom. The van der Waals surface area contributed by atoms with Crippen LogP contribution in [0.4, 0.5) is 5.69 Å². The topological polar surface area (TPSA) is 38.7 Å². The average Bonchev–Trinajstić information content (AvgIpc) is 2.60. The standard InChI is InChI=1S/C20H23NO2/c1-2-3-9-17-10-7-11-18(16-17)20(22)23-15-8-14-21-19-12-5-4-6-13-19/h4-7,10-14,16H,2-3,8-9,15H2,1H3. The molecule has 3 nitrogen and oxygen atoms in total. The Morgan fingerprint density at radius 2 is 1.96 bits per heavy atom. The quantitative estimate of drug-likeness (QED) is 0.392. The third kappa shape index (κ3) is 6.07. The molecular weight excluding hydrogens is 286 g/mol. The second kappa shape index (κ2) is 9.57. The fourth-order valence-corrected chi connectivity index (χ4v) is 2.21. The summed E-state index contributed by atoms with van der Waals surface area (Å²) < 4.78 is 5.30. The summed E-state index contributed by atoms with van der Waals surface area (Å²) in [7, 11) is 0. The molecule has 0 N–H and O–H groups in total. The maximum atomic E-state index is 12.0. The van der Waals surface area contributed by atoms with Gasteiger partial charge in [0.2, 0.25) is 0 Å². The van der Waals surface area contributed by atoms with Gasteiger partial charge in [-0.3, -0.25) is 4.99 Å². The second-order valence-corrected chi connectivity index (χ2v) is 5.38. The molecule has 2 aromatic carbocycles. The second-order valence-electron chi connectivity index (χ2n) is 5.38. The molecule has 2 aromatic rings. The van der Waals surface area contributed by atoms with E-state index >= 15 is 0 Å². The van der Waals surface area contributed by atoms with Crippen molar-refractivity contribution in [3.63, 3.8) is 0 Å². The van der Waals surface area contributed by atoms with Gasteiger partial charge in [-0.05, 0) is 42.7 Å². The molecule has 0 aliphatic rings. The molecule has 23 heavy (non-hydrogen) atoms. The van der Waals surface area contributed by atoms with Crippen LogP contribution in [0.15, 0.2) is 59.6 Å². The van der Waals surface area contributed by atoms with Gasteiger partial charge >= 0.3 is 5.97 Å². The first-order valence-electron chi connectivity index (χ1n) is 8.13. The molecule has 120 valence electrons. The summed E-state index contributed by atoms with van der Waals surface area (Å²) in [4.78, 5) is 16.3. The van der Waals surface area contributed by atoms with Gasteiger partial charge < -0.3 is 4.74 Å². The number of hydrogen-bond acceptors (Lipinski definition) is 3. The number of hydrogen-bond donors (Lipinski definition) is 0. The zero-order valence-electron chi connectivity index (χ0n) is 13.6. The predicted molar refractivity (Wildman–Crippen MR) is 94.5 cm³/mol. The Balaban J connectivity index is 1.77. The highest BCUT2D eigenvalue weighted by atomic mass is 16.5. The van der Waals surface area contributed by atoms with E-state index < -0.39 is 0 Å². The summed E-state index contributed by atoms with van der Waals surface area (Å²) in [5.41, 5.74) is 2.72. The van der Waals surface area contributed by atoms with Crippen molar-refractivity contribution in [2.75, 3.05) is 6.61 Å². The SMILES string of the molecule is CCCCc1cccc(C(=O)OCCC=Nc2ccccc2)c1. The summed E-state index contributed by atoms with van der Waals surface area (Å²) >= 11 is 0. The van der Waals surface area contributed by atoms with Gasteiger partial charge in [-0.2, -0.15) is 0 Å². The summed E-state index contributed by atoms with van der Waals surface area (Å²) in [6.45, 7) is 2.50. The van der Waals surface area contributed by atoms with Crippen molar-refractivity contribution in [3.05, 3.63) is 65.7 Å². The van der Waals surface area contributed by atoms with Crippen molar-refractivity contribution < 1.29 is 9.53 Å². The number of ether oxygens (including phenoxy) is 1. The summed E-state index contributed by atoms with van der Waals surface area (Å²) in [6, 6.07) is 17.4. The molecule has 0 saturated heterocycles. The third-order valence-electron chi connectivity index (χ3n) is 3.46. The van der Waals surface area contributed by atoms with Crippen molar-refractivity contribution in [2.45, 2.75) is 32.6 Å². The maximum absolute atomic E-state index is 12.0. The van der Waals surface area contributed by atoms with Gasteiger partial charge in [0, 0.05) is 12.6 Å².